The quantitative estimate of drug-likeness (QED) is 0.257. The average molecular weight is 477 g/mol. The molecule has 0 radical (unpaired) electrons. The summed E-state index contributed by atoms with van der Waals surface area (Å²) < 4.78 is 17.0. The van der Waals surface area contributed by atoms with Crippen molar-refractivity contribution in [3.8, 4) is 11.5 Å². The van der Waals surface area contributed by atoms with Gasteiger partial charge in [0, 0.05) is 31.3 Å². The topological polar surface area (TPSA) is 64.1 Å². The van der Waals surface area contributed by atoms with E-state index in [4.69, 9.17) is 14.2 Å². The van der Waals surface area contributed by atoms with Crippen LogP contribution in [0.1, 0.15) is 33.6 Å². The number of anilines is 1. The fourth-order valence-corrected chi connectivity index (χ4v) is 2.33. The van der Waals surface area contributed by atoms with Crippen molar-refractivity contribution in [2.75, 3.05) is 44.8 Å². The van der Waals surface area contributed by atoms with E-state index in [1.807, 2.05) is 25.1 Å². The Morgan fingerprint density at radius 1 is 1.19 bits per heavy atom. The monoisotopic (exact) mass is 477 g/mol. The van der Waals surface area contributed by atoms with Crippen molar-refractivity contribution < 1.29 is 14.2 Å². The van der Waals surface area contributed by atoms with Gasteiger partial charge in [-0.1, -0.05) is 13.8 Å². The molecule has 26 heavy (non-hydrogen) atoms. The zero-order chi connectivity index (χ0) is 17.9. The summed E-state index contributed by atoms with van der Waals surface area (Å²) in [4.78, 5) is 4.55. The van der Waals surface area contributed by atoms with E-state index >= 15 is 0 Å². The van der Waals surface area contributed by atoms with Crippen molar-refractivity contribution >= 4 is 35.6 Å². The van der Waals surface area contributed by atoms with E-state index < -0.39 is 0 Å². The molecule has 1 aromatic rings. The second kappa shape index (κ2) is 13.0. The molecule has 0 aliphatic carbocycles. The van der Waals surface area contributed by atoms with Crippen LogP contribution < -0.4 is 20.1 Å². The van der Waals surface area contributed by atoms with Crippen LogP contribution in [-0.2, 0) is 4.74 Å². The van der Waals surface area contributed by atoms with Crippen molar-refractivity contribution in [2.45, 2.75) is 33.6 Å². The van der Waals surface area contributed by atoms with E-state index in [0.29, 0.717) is 32.3 Å². The van der Waals surface area contributed by atoms with Crippen LogP contribution in [0.25, 0.3) is 0 Å². The molecule has 0 unspecified atom stereocenters. The number of ether oxygens (including phenoxy) is 3. The summed E-state index contributed by atoms with van der Waals surface area (Å²) in [5.74, 6) is 2.98. The number of nitrogens with zero attached hydrogens (tertiary/aromatic N) is 1. The first-order chi connectivity index (χ1) is 12.2. The predicted octanol–water partition coefficient (Wildman–Crippen LogP) is 3.91. The summed E-state index contributed by atoms with van der Waals surface area (Å²) in [6, 6.07) is 5.85. The molecular formula is C19H32IN3O3. The molecular weight excluding hydrogens is 445 g/mol. The van der Waals surface area contributed by atoms with Crippen LogP contribution in [0.5, 0.6) is 11.5 Å². The second-order valence-electron chi connectivity index (χ2n) is 6.39. The Kier molecular flexibility index (Phi) is 11.4. The number of hydrogen-bond acceptors (Lipinski definition) is 4. The normalized spacial score (nSPS) is 13.8. The van der Waals surface area contributed by atoms with Gasteiger partial charge in [-0.2, -0.15) is 0 Å². The first kappa shape index (κ1) is 22.8. The smallest absolute Gasteiger partial charge is 0.195 e. The molecule has 0 saturated carbocycles. The number of fused-ring (bicyclic) bond motifs is 1. The summed E-state index contributed by atoms with van der Waals surface area (Å²) in [5.41, 5.74) is 0.921. The zero-order valence-corrected chi connectivity index (χ0v) is 18.4. The molecule has 7 heteroatoms. The third-order valence-corrected chi connectivity index (χ3v) is 3.70. The Labute approximate surface area is 174 Å². The van der Waals surface area contributed by atoms with Crippen LogP contribution in [-0.4, -0.2) is 45.5 Å². The molecule has 0 atom stereocenters. The molecule has 6 nitrogen and oxygen atoms in total. The van der Waals surface area contributed by atoms with E-state index in [1.165, 1.54) is 0 Å². The van der Waals surface area contributed by atoms with Crippen molar-refractivity contribution in [3.63, 3.8) is 0 Å². The standard InChI is InChI=1S/C19H31N3O3.HI/c1-4-20-19(21-9-13-23-12-8-15(2)3)22-16-6-7-17-18(14-16)25-11-5-10-24-17;/h6-7,14-15H,4-5,8-13H2,1-3H3,(H2,20,21,22);1H. The molecule has 2 rings (SSSR count). The molecule has 0 aromatic heterocycles. The maximum atomic E-state index is 5.73. The summed E-state index contributed by atoms with van der Waals surface area (Å²) in [7, 11) is 0. The first-order valence-electron chi connectivity index (χ1n) is 9.21. The number of aliphatic imine (C=N–C) groups is 1. The van der Waals surface area contributed by atoms with E-state index in [0.717, 1.165) is 49.1 Å². The lowest BCUT2D eigenvalue weighted by atomic mass is 10.1. The minimum absolute atomic E-state index is 0. The summed E-state index contributed by atoms with van der Waals surface area (Å²) in [5, 5.41) is 6.55. The van der Waals surface area contributed by atoms with Crippen molar-refractivity contribution in [3.05, 3.63) is 18.2 Å². The molecule has 1 aliphatic rings. The predicted molar refractivity (Wildman–Crippen MR) is 117 cm³/mol. The summed E-state index contributed by atoms with van der Waals surface area (Å²) in [6.07, 6.45) is 1.98. The number of halogens is 1. The van der Waals surface area contributed by atoms with Crippen molar-refractivity contribution in [2.24, 2.45) is 10.9 Å². The minimum atomic E-state index is 0. The number of hydrogen-bond donors (Lipinski definition) is 2. The molecule has 148 valence electrons. The molecule has 0 spiro atoms. The highest BCUT2D eigenvalue weighted by Crippen LogP contribution is 2.32. The molecule has 0 amide bonds. The van der Waals surface area contributed by atoms with Gasteiger partial charge in [-0.3, -0.25) is 4.99 Å². The van der Waals surface area contributed by atoms with Gasteiger partial charge in [0.05, 0.1) is 26.4 Å². The highest BCUT2D eigenvalue weighted by atomic mass is 127. The molecule has 1 aliphatic heterocycles. The van der Waals surface area contributed by atoms with E-state index in [9.17, 15) is 0 Å². The van der Waals surface area contributed by atoms with Gasteiger partial charge in [0.25, 0.3) is 0 Å². The molecule has 2 N–H and O–H groups in total. The SMILES string of the molecule is CCNC(=NCCOCCC(C)C)Nc1ccc2c(c1)OCCCO2.I. The van der Waals surface area contributed by atoms with Crippen molar-refractivity contribution in [1.82, 2.24) is 5.32 Å². The molecule has 0 bridgehead atoms. The third kappa shape index (κ3) is 8.44. The van der Waals surface area contributed by atoms with Gasteiger partial charge in [-0.05, 0) is 31.4 Å². The van der Waals surface area contributed by atoms with Gasteiger partial charge in [0.15, 0.2) is 17.5 Å². The van der Waals surface area contributed by atoms with Crippen LogP contribution in [0.2, 0.25) is 0 Å². The lowest BCUT2D eigenvalue weighted by molar-refractivity contribution is 0.131. The minimum Gasteiger partial charge on any atom is -0.490 e. The van der Waals surface area contributed by atoms with Gasteiger partial charge < -0.3 is 24.8 Å². The Hall–Kier alpha value is -1.22. The van der Waals surface area contributed by atoms with Gasteiger partial charge in [0.2, 0.25) is 0 Å². The highest BCUT2D eigenvalue weighted by Gasteiger charge is 2.11. The fraction of sp³-hybridized carbons (Fsp3) is 0.632. The maximum absolute atomic E-state index is 5.73. The summed E-state index contributed by atoms with van der Waals surface area (Å²) in [6.45, 7) is 10.7. The average Bonchev–Trinajstić information content (AvgIpc) is 2.82. The van der Waals surface area contributed by atoms with Gasteiger partial charge in [-0.15, -0.1) is 24.0 Å². The Morgan fingerprint density at radius 2 is 1.96 bits per heavy atom. The Balaban J connectivity index is 0.00000338. The lowest BCUT2D eigenvalue weighted by Gasteiger charge is -2.14. The highest BCUT2D eigenvalue weighted by molar-refractivity contribution is 14.0. The molecule has 0 fully saturated rings. The third-order valence-electron chi connectivity index (χ3n) is 3.70. The molecule has 1 heterocycles. The second-order valence-corrected chi connectivity index (χ2v) is 6.39. The van der Waals surface area contributed by atoms with Crippen LogP contribution in [0, 0.1) is 5.92 Å². The van der Waals surface area contributed by atoms with E-state index in [2.05, 4.69) is 29.5 Å². The summed E-state index contributed by atoms with van der Waals surface area (Å²) >= 11 is 0. The number of nitrogens with one attached hydrogen (secondary N) is 2. The zero-order valence-electron chi connectivity index (χ0n) is 16.0. The van der Waals surface area contributed by atoms with Gasteiger partial charge in [0.1, 0.15) is 0 Å². The number of guanidine groups is 1. The van der Waals surface area contributed by atoms with Crippen LogP contribution in [0.4, 0.5) is 5.69 Å². The number of benzene rings is 1. The maximum Gasteiger partial charge on any atom is 0.195 e. The lowest BCUT2D eigenvalue weighted by Crippen LogP contribution is -2.31. The largest absolute Gasteiger partial charge is 0.490 e. The van der Waals surface area contributed by atoms with Crippen LogP contribution in [0.3, 0.4) is 0 Å². The van der Waals surface area contributed by atoms with E-state index in [-0.39, 0.29) is 24.0 Å². The molecule has 0 saturated heterocycles. The molecule has 1 aromatic carbocycles. The number of rotatable bonds is 8. The van der Waals surface area contributed by atoms with Gasteiger partial charge >= 0.3 is 0 Å². The van der Waals surface area contributed by atoms with Crippen LogP contribution in [0.15, 0.2) is 23.2 Å². The van der Waals surface area contributed by atoms with Gasteiger partial charge in [-0.25, -0.2) is 0 Å². The van der Waals surface area contributed by atoms with Crippen LogP contribution >= 0.6 is 24.0 Å². The Bertz CT molecular complexity index is 553. The van der Waals surface area contributed by atoms with E-state index in [1.54, 1.807) is 0 Å². The van der Waals surface area contributed by atoms with Crippen molar-refractivity contribution in [1.29, 1.82) is 0 Å². The fourth-order valence-electron chi connectivity index (χ4n) is 2.33. The first-order valence-corrected chi connectivity index (χ1v) is 9.21. The Morgan fingerprint density at radius 3 is 2.69 bits per heavy atom.